The molecular weight excluding hydrogens is 470 g/mol. The van der Waals surface area contributed by atoms with Crippen LogP contribution in [0, 0.1) is 17.6 Å². The summed E-state index contributed by atoms with van der Waals surface area (Å²) < 4.78 is 28.9. The van der Waals surface area contributed by atoms with Crippen LogP contribution in [0.2, 0.25) is 0 Å². The number of amides is 2. The Bertz CT molecular complexity index is 1200. The van der Waals surface area contributed by atoms with Crippen molar-refractivity contribution in [3.63, 3.8) is 0 Å². The van der Waals surface area contributed by atoms with E-state index in [1.165, 1.54) is 37.5 Å². The molecule has 3 aliphatic heterocycles. The molecule has 1 aliphatic carbocycles. The molecule has 0 aromatic heterocycles. The maximum absolute atomic E-state index is 14.6. The summed E-state index contributed by atoms with van der Waals surface area (Å²) in [4.78, 5) is 24.9. The fourth-order valence-corrected chi connectivity index (χ4v) is 7.03. The van der Waals surface area contributed by atoms with Crippen molar-refractivity contribution >= 4 is 17.6 Å². The van der Waals surface area contributed by atoms with E-state index in [-0.39, 0.29) is 29.7 Å². The second kappa shape index (κ2) is 9.82. The zero-order valence-electron chi connectivity index (χ0n) is 21.6. The average molecular weight is 507 g/mol. The van der Waals surface area contributed by atoms with Crippen LogP contribution in [0.3, 0.4) is 0 Å². The minimum atomic E-state index is -0.627. The van der Waals surface area contributed by atoms with E-state index in [0.717, 1.165) is 57.1 Å². The van der Waals surface area contributed by atoms with Crippen LogP contribution in [-0.4, -0.2) is 58.9 Å². The molecule has 2 aromatic rings. The molecule has 196 valence electrons. The van der Waals surface area contributed by atoms with Crippen molar-refractivity contribution in [3.05, 3.63) is 65.7 Å². The molecule has 2 aromatic carbocycles. The molecular formula is C30H36F2N4O. The predicted octanol–water partition coefficient (Wildman–Crippen LogP) is 6.03. The number of aliphatic imine (C=N–C) groups is 1. The lowest BCUT2D eigenvalue weighted by atomic mass is 9.78. The summed E-state index contributed by atoms with van der Waals surface area (Å²) in [7, 11) is 0. The highest BCUT2D eigenvalue weighted by atomic mass is 19.1. The van der Waals surface area contributed by atoms with Gasteiger partial charge in [0, 0.05) is 37.4 Å². The highest BCUT2D eigenvalue weighted by molar-refractivity contribution is 6.16. The second-order valence-electron chi connectivity index (χ2n) is 11.4. The van der Waals surface area contributed by atoms with Crippen molar-refractivity contribution in [1.29, 1.82) is 0 Å². The molecule has 3 atom stereocenters. The van der Waals surface area contributed by atoms with E-state index in [1.807, 2.05) is 18.2 Å². The Kier molecular flexibility index (Phi) is 6.51. The van der Waals surface area contributed by atoms with Gasteiger partial charge >= 0.3 is 6.03 Å². The number of nitrogens with zero attached hydrogens (tertiary/aromatic N) is 4. The second-order valence-corrected chi connectivity index (χ2v) is 11.4. The topological polar surface area (TPSA) is 39.1 Å². The van der Waals surface area contributed by atoms with Crippen molar-refractivity contribution in [3.8, 4) is 0 Å². The molecule has 2 saturated heterocycles. The van der Waals surface area contributed by atoms with Gasteiger partial charge in [0.25, 0.3) is 0 Å². The Morgan fingerprint density at radius 1 is 1.03 bits per heavy atom. The van der Waals surface area contributed by atoms with Crippen LogP contribution in [0.5, 0.6) is 0 Å². The molecule has 0 radical (unpaired) electrons. The largest absolute Gasteiger partial charge is 0.355 e. The Labute approximate surface area is 218 Å². The fourth-order valence-electron chi connectivity index (χ4n) is 7.03. The van der Waals surface area contributed by atoms with Crippen molar-refractivity contribution in [2.75, 3.05) is 24.5 Å². The summed E-state index contributed by atoms with van der Waals surface area (Å²) >= 11 is 0. The smallest absolute Gasteiger partial charge is 0.350 e. The van der Waals surface area contributed by atoms with Crippen LogP contribution >= 0.6 is 0 Å². The average Bonchev–Trinajstić information content (AvgIpc) is 3.40. The Hall–Kier alpha value is -2.80. The first-order valence-corrected chi connectivity index (χ1v) is 13.9. The molecule has 1 spiro atoms. The number of urea groups is 1. The molecule has 0 bridgehead atoms. The summed E-state index contributed by atoms with van der Waals surface area (Å²) in [6.07, 6.45) is 7.94. The van der Waals surface area contributed by atoms with Crippen LogP contribution in [0.25, 0.3) is 0 Å². The lowest BCUT2D eigenvalue weighted by Crippen LogP contribution is -2.64. The molecule has 37 heavy (non-hydrogen) atoms. The number of anilines is 1. The molecule has 5 nitrogen and oxygen atoms in total. The standard InChI is InChI=1S/C30H36F2N4O/c1-21-19-30(14-16-34(21)20-22-7-4-8-22)28(33-29(37)36(30)26-11-5-10-24(31)18-26)35-15-6-12-25(35)17-23-9-2-3-13-27(23)32/h2-3,5,9-11,13,18,21-22,25H,4,6-8,12,14-17,19-20H2,1H3. The van der Waals surface area contributed by atoms with Gasteiger partial charge in [0.15, 0.2) is 0 Å². The predicted molar refractivity (Wildman–Crippen MR) is 142 cm³/mol. The van der Waals surface area contributed by atoms with Gasteiger partial charge < -0.3 is 9.80 Å². The number of likely N-dealkylation sites (tertiary alicyclic amines) is 2. The number of halogens is 2. The number of amidine groups is 1. The van der Waals surface area contributed by atoms with Crippen LogP contribution < -0.4 is 4.90 Å². The van der Waals surface area contributed by atoms with Gasteiger partial charge in [-0.15, -0.1) is 0 Å². The third kappa shape index (κ3) is 4.45. The van der Waals surface area contributed by atoms with Crippen LogP contribution in [0.1, 0.15) is 57.4 Å². The minimum absolute atomic E-state index is 0.0797. The number of carbonyl (C=O) groups excluding carboxylic acids is 1. The fraction of sp³-hybridized carbons (Fsp3) is 0.533. The van der Waals surface area contributed by atoms with Crippen molar-refractivity contribution in [2.24, 2.45) is 10.9 Å². The molecule has 4 aliphatic rings. The van der Waals surface area contributed by atoms with E-state index in [1.54, 1.807) is 17.0 Å². The molecule has 3 fully saturated rings. The van der Waals surface area contributed by atoms with E-state index in [2.05, 4.69) is 16.7 Å². The number of hydrogen-bond donors (Lipinski definition) is 0. The van der Waals surface area contributed by atoms with Crippen molar-refractivity contribution in [1.82, 2.24) is 9.80 Å². The molecule has 1 saturated carbocycles. The van der Waals surface area contributed by atoms with Crippen molar-refractivity contribution in [2.45, 2.75) is 75.9 Å². The number of benzene rings is 2. The van der Waals surface area contributed by atoms with Crippen LogP contribution in [0.15, 0.2) is 53.5 Å². The van der Waals surface area contributed by atoms with Gasteiger partial charge in [-0.1, -0.05) is 30.7 Å². The number of piperidine rings is 1. The molecule has 3 unspecified atom stereocenters. The quantitative estimate of drug-likeness (QED) is 0.497. The maximum Gasteiger partial charge on any atom is 0.350 e. The summed E-state index contributed by atoms with van der Waals surface area (Å²) in [6, 6.07) is 13.3. The van der Waals surface area contributed by atoms with Crippen LogP contribution in [-0.2, 0) is 6.42 Å². The summed E-state index contributed by atoms with van der Waals surface area (Å²) in [5.41, 5.74) is 0.635. The van der Waals surface area contributed by atoms with E-state index >= 15 is 0 Å². The zero-order chi connectivity index (χ0) is 25.6. The normalized spacial score (nSPS) is 28.7. The zero-order valence-corrected chi connectivity index (χ0v) is 21.6. The lowest BCUT2D eigenvalue weighted by molar-refractivity contribution is 0.0875. The summed E-state index contributed by atoms with van der Waals surface area (Å²) in [6.45, 7) is 5.04. The van der Waals surface area contributed by atoms with Gasteiger partial charge in [0.1, 0.15) is 23.0 Å². The van der Waals surface area contributed by atoms with Gasteiger partial charge in [-0.2, -0.15) is 4.99 Å². The van der Waals surface area contributed by atoms with Gasteiger partial charge in [-0.25, -0.2) is 13.6 Å². The van der Waals surface area contributed by atoms with Gasteiger partial charge in [-0.3, -0.25) is 4.90 Å². The van der Waals surface area contributed by atoms with E-state index in [4.69, 9.17) is 4.99 Å². The minimum Gasteiger partial charge on any atom is -0.355 e. The number of rotatable bonds is 5. The Morgan fingerprint density at radius 3 is 2.59 bits per heavy atom. The molecule has 6 rings (SSSR count). The number of hydrogen-bond acceptors (Lipinski definition) is 3. The summed E-state index contributed by atoms with van der Waals surface area (Å²) in [5, 5.41) is 0. The van der Waals surface area contributed by atoms with Crippen molar-refractivity contribution < 1.29 is 13.6 Å². The monoisotopic (exact) mass is 506 g/mol. The molecule has 3 heterocycles. The third-order valence-corrected chi connectivity index (χ3v) is 9.15. The van der Waals surface area contributed by atoms with Gasteiger partial charge in [0.2, 0.25) is 0 Å². The van der Waals surface area contributed by atoms with Gasteiger partial charge in [0.05, 0.1) is 0 Å². The van der Waals surface area contributed by atoms with E-state index in [9.17, 15) is 13.6 Å². The maximum atomic E-state index is 14.6. The lowest BCUT2D eigenvalue weighted by Gasteiger charge is -2.51. The first-order valence-electron chi connectivity index (χ1n) is 13.9. The molecule has 0 N–H and O–H groups in total. The highest BCUT2D eigenvalue weighted by Crippen LogP contribution is 2.44. The molecule has 2 amide bonds. The summed E-state index contributed by atoms with van der Waals surface area (Å²) in [5.74, 6) is 1.03. The first-order chi connectivity index (χ1) is 17.9. The first kappa shape index (κ1) is 24.5. The van der Waals surface area contributed by atoms with Crippen LogP contribution in [0.4, 0.5) is 19.3 Å². The molecule has 7 heteroatoms. The SMILES string of the molecule is CC1CC2(CCN1CC1CCC1)C(N1CCCC1Cc1ccccc1F)=NC(=O)N2c1cccc(F)c1. The van der Waals surface area contributed by atoms with E-state index < -0.39 is 5.54 Å². The Morgan fingerprint density at radius 2 is 1.86 bits per heavy atom. The Balaban J connectivity index is 1.34. The number of carbonyl (C=O) groups is 1. The van der Waals surface area contributed by atoms with Gasteiger partial charge in [-0.05, 0) is 87.6 Å². The van der Waals surface area contributed by atoms with E-state index in [0.29, 0.717) is 17.7 Å². The highest BCUT2D eigenvalue weighted by Gasteiger charge is 2.56. The third-order valence-electron chi connectivity index (χ3n) is 9.15.